The molecule has 0 spiro atoms. The standard InChI is InChI=1S/C27H29FN6O3S/c1-19(2)33-18-25(34(27(33)35)22-10-8-20(28)9-11-22)24-12-15-29-26(31-24)30-21-13-16-32(17-14-21)38(36,37)23-6-4-3-5-7-23/h3-12,15,18-19,21H,13-14,16-17H2,1-2H3,(H,29,30,31). The summed E-state index contributed by atoms with van der Waals surface area (Å²) < 4.78 is 44.0. The average molecular weight is 537 g/mol. The van der Waals surface area contributed by atoms with Crippen molar-refractivity contribution in [2.75, 3.05) is 18.4 Å². The Hall–Kier alpha value is -3.83. The van der Waals surface area contributed by atoms with E-state index in [-0.39, 0.29) is 23.6 Å². The molecule has 0 radical (unpaired) electrons. The molecule has 0 unspecified atom stereocenters. The van der Waals surface area contributed by atoms with Crippen LogP contribution in [-0.2, 0) is 10.0 Å². The number of nitrogens with one attached hydrogen (secondary N) is 1. The molecule has 1 saturated heterocycles. The lowest BCUT2D eigenvalue weighted by molar-refractivity contribution is 0.329. The van der Waals surface area contributed by atoms with E-state index in [1.54, 1.807) is 65.5 Å². The molecule has 0 saturated carbocycles. The SMILES string of the molecule is CC(C)n1cc(-c2ccnc(NC3CCN(S(=O)(=O)c4ccccc4)CC3)n2)n(-c2ccc(F)cc2)c1=O. The highest BCUT2D eigenvalue weighted by atomic mass is 32.2. The number of imidazole rings is 1. The Balaban J connectivity index is 1.36. The minimum Gasteiger partial charge on any atom is -0.351 e. The van der Waals surface area contributed by atoms with Gasteiger partial charge >= 0.3 is 5.69 Å². The molecule has 1 aliphatic rings. The Bertz CT molecular complexity index is 1580. The maximum absolute atomic E-state index is 13.6. The topological polar surface area (TPSA) is 102 Å². The molecule has 2 aromatic carbocycles. The fourth-order valence-corrected chi connectivity index (χ4v) is 6.08. The molecule has 1 aliphatic heterocycles. The lowest BCUT2D eigenvalue weighted by Gasteiger charge is -2.31. The molecule has 198 valence electrons. The molecule has 11 heteroatoms. The summed E-state index contributed by atoms with van der Waals surface area (Å²) in [6, 6.07) is 15.8. The van der Waals surface area contributed by atoms with Crippen LogP contribution in [0.1, 0.15) is 32.7 Å². The Morgan fingerprint density at radius 2 is 1.68 bits per heavy atom. The predicted octanol–water partition coefficient (Wildman–Crippen LogP) is 4.08. The van der Waals surface area contributed by atoms with Crippen molar-refractivity contribution in [3.05, 3.63) is 89.4 Å². The third kappa shape index (κ3) is 5.11. The van der Waals surface area contributed by atoms with Crippen LogP contribution in [0.25, 0.3) is 17.1 Å². The smallest absolute Gasteiger partial charge is 0.333 e. The molecule has 4 aromatic rings. The van der Waals surface area contributed by atoms with Gasteiger partial charge in [0.25, 0.3) is 0 Å². The van der Waals surface area contributed by atoms with Crippen molar-refractivity contribution in [2.45, 2.75) is 43.7 Å². The van der Waals surface area contributed by atoms with E-state index in [0.717, 1.165) is 0 Å². The van der Waals surface area contributed by atoms with Crippen molar-refractivity contribution < 1.29 is 12.8 Å². The molecule has 0 atom stereocenters. The van der Waals surface area contributed by atoms with Crippen LogP contribution < -0.4 is 11.0 Å². The minimum atomic E-state index is -3.53. The van der Waals surface area contributed by atoms with Gasteiger partial charge in [-0.1, -0.05) is 18.2 Å². The van der Waals surface area contributed by atoms with Gasteiger partial charge in [-0.3, -0.25) is 9.13 Å². The summed E-state index contributed by atoms with van der Waals surface area (Å²) in [7, 11) is -3.53. The van der Waals surface area contributed by atoms with Crippen LogP contribution in [0, 0.1) is 5.82 Å². The zero-order valence-electron chi connectivity index (χ0n) is 21.2. The number of piperidine rings is 1. The molecule has 0 bridgehead atoms. The fraction of sp³-hybridized carbons (Fsp3) is 0.296. The van der Waals surface area contributed by atoms with Gasteiger partial charge in [0.2, 0.25) is 16.0 Å². The lowest BCUT2D eigenvalue weighted by atomic mass is 10.1. The Morgan fingerprint density at radius 1 is 1.00 bits per heavy atom. The number of rotatable bonds is 7. The molecule has 1 N–H and O–H groups in total. The molecule has 3 heterocycles. The highest BCUT2D eigenvalue weighted by Gasteiger charge is 2.29. The highest BCUT2D eigenvalue weighted by molar-refractivity contribution is 7.89. The van der Waals surface area contributed by atoms with Gasteiger partial charge in [0, 0.05) is 37.6 Å². The van der Waals surface area contributed by atoms with Gasteiger partial charge in [0.05, 0.1) is 22.0 Å². The summed E-state index contributed by atoms with van der Waals surface area (Å²) >= 11 is 0. The van der Waals surface area contributed by atoms with Crippen LogP contribution in [0.4, 0.5) is 10.3 Å². The summed E-state index contributed by atoms with van der Waals surface area (Å²) in [5, 5.41) is 3.33. The van der Waals surface area contributed by atoms with Crippen LogP contribution >= 0.6 is 0 Å². The van der Waals surface area contributed by atoms with Crippen molar-refractivity contribution >= 4 is 16.0 Å². The van der Waals surface area contributed by atoms with Crippen LogP contribution in [0.2, 0.25) is 0 Å². The van der Waals surface area contributed by atoms with Crippen LogP contribution in [0.15, 0.2) is 82.7 Å². The number of sulfonamides is 1. The molecule has 1 fully saturated rings. The van der Waals surface area contributed by atoms with E-state index in [1.807, 2.05) is 13.8 Å². The third-order valence-electron chi connectivity index (χ3n) is 6.64. The first-order chi connectivity index (χ1) is 18.2. The second-order valence-corrected chi connectivity index (χ2v) is 11.4. The average Bonchev–Trinajstić information content (AvgIpc) is 3.27. The molecule has 2 aromatic heterocycles. The highest BCUT2D eigenvalue weighted by Crippen LogP contribution is 2.25. The zero-order chi connectivity index (χ0) is 26.9. The first-order valence-electron chi connectivity index (χ1n) is 12.5. The van der Waals surface area contributed by atoms with Crippen molar-refractivity contribution in [2.24, 2.45) is 0 Å². The van der Waals surface area contributed by atoms with Gasteiger partial charge in [-0.15, -0.1) is 0 Å². The second kappa shape index (κ2) is 10.5. The van der Waals surface area contributed by atoms with Gasteiger partial charge in [-0.25, -0.2) is 27.6 Å². The van der Waals surface area contributed by atoms with Gasteiger partial charge in [0.1, 0.15) is 5.82 Å². The van der Waals surface area contributed by atoms with Crippen molar-refractivity contribution in [3.8, 4) is 17.1 Å². The van der Waals surface area contributed by atoms with Gasteiger partial charge < -0.3 is 5.32 Å². The monoisotopic (exact) mass is 536 g/mol. The number of benzene rings is 2. The summed E-state index contributed by atoms with van der Waals surface area (Å²) in [5.74, 6) is 0.00467. The van der Waals surface area contributed by atoms with Gasteiger partial charge in [0.15, 0.2) is 0 Å². The van der Waals surface area contributed by atoms with E-state index in [1.165, 1.54) is 21.0 Å². The number of halogens is 1. The molecule has 0 aliphatic carbocycles. The Labute approximate surface area is 220 Å². The van der Waals surface area contributed by atoms with Crippen molar-refractivity contribution in [1.82, 2.24) is 23.4 Å². The van der Waals surface area contributed by atoms with Crippen LogP contribution in [0.3, 0.4) is 0 Å². The summed E-state index contributed by atoms with van der Waals surface area (Å²) in [6.07, 6.45) is 4.56. The molecule has 5 rings (SSSR count). The van der Waals surface area contributed by atoms with E-state index in [0.29, 0.717) is 53.9 Å². The summed E-state index contributed by atoms with van der Waals surface area (Å²) in [6.45, 7) is 4.60. The predicted molar refractivity (Wildman–Crippen MR) is 143 cm³/mol. The summed E-state index contributed by atoms with van der Waals surface area (Å²) in [5.41, 5.74) is 1.38. The second-order valence-electron chi connectivity index (χ2n) is 9.51. The molecule has 9 nitrogen and oxygen atoms in total. The van der Waals surface area contributed by atoms with E-state index in [9.17, 15) is 17.6 Å². The molecular formula is C27H29FN6O3S. The number of hydrogen-bond donors (Lipinski definition) is 1. The number of nitrogens with zero attached hydrogens (tertiary/aromatic N) is 5. The molecular weight excluding hydrogens is 507 g/mol. The van der Waals surface area contributed by atoms with Gasteiger partial charge in [-0.05, 0) is 69.2 Å². The maximum atomic E-state index is 13.6. The minimum absolute atomic E-state index is 0.00738. The number of aromatic nitrogens is 4. The quantitative estimate of drug-likeness (QED) is 0.382. The van der Waals surface area contributed by atoms with Crippen molar-refractivity contribution in [1.29, 1.82) is 0 Å². The number of hydrogen-bond acceptors (Lipinski definition) is 6. The van der Waals surface area contributed by atoms with E-state index in [2.05, 4.69) is 15.3 Å². The Morgan fingerprint density at radius 3 is 2.34 bits per heavy atom. The summed E-state index contributed by atoms with van der Waals surface area (Å²) in [4.78, 5) is 22.5. The Kier molecular flexibility index (Phi) is 7.13. The largest absolute Gasteiger partial charge is 0.351 e. The first-order valence-corrected chi connectivity index (χ1v) is 13.9. The number of anilines is 1. The van der Waals surface area contributed by atoms with E-state index < -0.39 is 10.0 Å². The molecule has 38 heavy (non-hydrogen) atoms. The van der Waals surface area contributed by atoms with E-state index in [4.69, 9.17) is 0 Å². The van der Waals surface area contributed by atoms with E-state index >= 15 is 0 Å². The van der Waals surface area contributed by atoms with Crippen LogP contribution in [0.5, 0.6) is 0 Å². The third-order valence-corrected chi connectivity index (χ3v) is 8.55. The van der Waals surface area contributed by atoms with Crippen molar-refractivity contribution in [3.63, 3.8) is 0 Å². The normalized spacial score (nSPS) is 15.2. The maximum Gasteiger partial charge on any atom is 0.333 e. The fourth-order valence-electron chi connectivity index (χ4n) is 4.59. The van der Waals surface area contributed by atoms with Crippen LogP contribution in [-0.4, -0.2) is 51.0 Å². The first kappa shape index (κ1) is 25.8. The zero-order valence-corrected chi connectivity index (χ0v) is 22.0. The van der Waals surface area contributed by atoms with Gasteiger partial charge in [-0.2, -0.15) is 4.31 Å². The molecule has 0 amide bonds. The lowest BCUT2D eigenvalue weighted by Crippen LogP contribution is -2.42.